The molecule has 0 saturated heterocycles. The number of allylic oxidation sites excluding steroid dienone is 1. The van der Waals surface area contributed by atoms with E-state index in [9.17, 15) is 4.79 Å². The van der Waals surface area contributed by atoms with Crippen molar-refractivity contribution in [2.24, 2.45) is 0 Å². The molecular formula is C12H12N2O2. The number of para-hydroxylation sites is 1. The van der Waals surface area contributed by atoms with Gasteiger partial charge in [-0.1, -0.05) is 24.3 Å². The average Bonchev–Trinajstić information content (AvgIpc) is 2.30. The van der Waals surface area contributed by atoms with Crippen LogP contribution >= 0.6 is 0 Å². The summed E-state index contributed by atoms with van der Waals surface area (Å²) in [7, 11) is 0. The van der Waals surface area contributed by atoms with Crippen molar-refractivity contribution in [3.63, 3.8) is 0 Å². The molecule has 1 aromatic carbocycles. The molecule has 0 bridgehead atoms. The van der Waals surface area contributed by atoms with Crippen molar-refractivity contribution in [2.45, 2.75) is 6.92 Å². The first-order valence-corrected chi connectivity index (χ1v) is 4.84. The maximum absolute atomic E-state index is 11.5. The number of hydrogen-bond donors (Lipinski definition) is 0. The van der Waals surface area contributed by atoms with E-state index in [1.54, 1.807) is 24.3 Å². The van der Waals surface area contributed by atoms with E-state index in [4.69, 9.17) is 10.3 Å². The van der Waals surface area contributed by atoms with Crippen molar-refractivity contribution in [1.29, 1.82) is 0 Å². The first-order chi connectivity index (χ1) is 7.79. The maximum atomic E-state index is 11.5. The fourth-order valence-corrected chi connectivity index (χ4v) is 1.15. The van der Waals surface area contributed by atoms with Crippen LogP contribution in [-0.2, 0) is 0 Å². The third-order valence-electron chi connectivity index (χ3n) is 1.90. The van der Waals surface area contributed by atoms with Crippen molar-refractivity contribution < 1.29 is 14.3 Å². The van der Waals surface area contributed by atoms with Gasteiger partial charge in [-0.3, -0.25) is 4.79 Å². The summed E-state index contributed by atoms with van der Waals surface area (Å²) in [5.74, 6) is 0.0871. The van der Waals surface area contributed by atoms with Crippen LogP contribution in [0.2, 0.25) is 0 Å². The van der Waals surface area contributed by atoms with Gasteiger partial charge in [-0.15, -0.1) is 0 Å². The number of ether oxygens (including phenoxy) is 1. The summed E-state index contributed by atoms with van der Waals surface area (Å²) in [5.41, 5.74) is 8.68. The molecule has 0 aliphatic heterocycles. The van der Waals surface area contributed by atoms with Gasteiger partial charge in [0.25, 0.3) is 5.78 Å². The number of carbonyl (C=O) groups is 1. The topological polar surface area (TPSA) is 62.7 Å². The van der Waals surface area contributed by atoms with Crippen molar-refractivity contribution in [2.75, 3.05) is 6.61 Å². The van der Waals surface area contributed by atoms with E-state index in [0.29, 0.717) is 17.9 Å². The Hall–Kier alpha value is -2.19. The number of Topliss-reactive ketones (excluding diaryl/α,β-unsaturated/α-hetero) is 1. The molecule has 0 aliphatic rings. The van der Waals surface area contributed by atoms with E-state index in [1.165, 1.54) is 0 Å². The average molecular weight is 216 g/mol. The lowest BCUT2D eigenvalue weighted by atomic mass is 10.1. The zero-order chi connectivity index (χ0) is 11.8. The highest BCUT2D eigenvalue weighted by molar-refractivity contribution is 6.34. The SMILES string of the molecule is C/C=C/COc1ccccc1C(=O)C=[N+]=[N-]. The second-order valence-electron chi connectivity index (χ2n) is 2.99. The van der Waals surface area contributed by atoms with Crippen molar-refractivity contribution in [3.05, 3.63) is 47.5 Å². The Morgan fingerprint density at radius 2 is 2.25 bits per heavy atom. The molecule has 1 aromatic rings. The molecule has 0 amide bonds. The van der Waals surface area contributed by atoms with E-state index < -0.39 is 5.78 Å². The lowest BCUT2D eigenvalue weighted by molar-refractivity contribution is 0.00231. The number of benzene rings is 1. The minimum Gasteiger partial charge on any atom is -0.489 e. The molecule has 0 unspecified atom stereocenters. The van der Waals surface area contributed by atoms with Crippen molar-refractivity contribution in [3.8, 4) is 5.75 Å². The Morgan fingerprint density at radius 1 is 1.50 bits per heavy atom. The number of nitrogens with zero attached hydrogens (tertiary/aromatic N) is 2. The van der Waals surface area contributed by atoms with Gasteiger partial charge in [0.1, 0.15) is 12.4 Å². The van der Waals surface area contributed by atoms with E-state index >= 15 is 0 Å². The second kappa shape index (κ2) is 6.32. The normalized spacial score (nSPS) is 9.81. The molecule has 0 N–H and O–H groups in total. The Balaban J connectivity index is 2.91. The monoisotopic (exact) mass is 216 g/mol. The summed E-state index contributed by atoms with van der Waals surface area (Å²) >= 11 is 0. The molecule has 0 saturated carbocycles. The van der Waals surface area contributed by atoms with Gasteiger partial charge in [-0.05, 0) is 19.1 Å². The minimum absolute atomic E-state index is 0.379. The summed E-state index contributed by atoms with van der Waals surface area (Å²) in [6, 6.07) is 6.82. The van der Waals surface area contributed by atoms with Crippen LogP contribution in [0.5, 0.6) is 5.75 Å². The fourth-order valence-electron chi connectivity index (χ4n) is 1.15. The van der Waals surface area contributed by atoms with Crippen LogP contribution < -0.4 is 4.74 Å². The molecule has 4 heteroatoms. The van der Waals surface area contributed by atoms with Crippen LogP contribution in [0.3, 0.4) is 0 Å². The predicted octanol–water partition coefficient (Wildman–Crippen LogP) is 2.12. The first kappa shape index (κ1) is 11.9. The van der Waals surface area contributed by atoms with Gasteiger partial charge in [-0.25, -0.2) is 0 Å². The number of ketones is 1. The lowest BCUT2D eigenvalue weighted by Crippen LogP contribution is -2.05. The molecule has 0 heterocycles. The quantitative estimate of drug-likeness (QED) is 0.249. The zero-order valence-corrected chi connectivity index (χ0v) is 8.96. The summed E-state index contributed by atoms with van der Waals surface area (Å²) in [6.07, 6.45) is 4.54. The highest BCUT2D eigenvalue weighted by Crippen LogP contribution is 2.17. The van der Waals surface area contributed by atoms with Gasteiger partial charge in [0, 0.05) is 0 Å². The van der Waals surface area contributed by atoms with Gasteiger partial charge >= 0.3 is 6.21 Å². The number of rotatable bonds is 5. The maximum Gasteiger partial charge on any atom is 0.328 e. The van der Waals surface area contributed by atoms with E-state index in [1.807, 2.05) is 19.1 Å². The molecule has 1 rings (SSSR count). The molecule has 0 aromatic heterocycles. The van der Waals surface area contributed by atoms with Crippen LogP contribution in [-0.4, -0.2) is 23.4 Å². The first-order valence-electron chi connectivity index (χ1n) is 4.84. The van der Waals surface area contributed by atoms with Gasteiger partial charge in [0.05, 0.1) is 5.56 Å². The number of carbonyl (C=O) groups excluding carboxylic acids is 1. The van der Waals surface area contributed by atoms with Gasteiger partial charge in [-0.2, -0.15) is 4.79 Å². The van der Waals surface area contributed by atoms with Crippen molar-refractivity contribution >= 4 is 12.0 Å². The smallest absolute Gasteiger partial charge is 0.328 e. The summed E-state index contributed by atoms with van der Waals surface area (Å²) in [5, 5.41) is 0. The molecule has 0 atom stereocenters. The molecule has 16 heavy (non-hydrogen) atoms. The van der Waals surface area contributed by atoms with Crippen LogP contribution in [0.4, 0.5) is 0 Å². The highest BCUT2D eigenvalue weighted by Gasteiger charge is 2.12. The summed E-state index contributed by atoms with van der Waals surface area (Å²) in [4.78, 5) is 14.2. The third kappa shape index (κ3) is 3.19. The summed E-state index contributed by atoms with van der Waals surface area (Å²) < 4.78 is 5.39. The van der Waals surface area contributed by atoms with Gasteiger partial charge in [0.2, 0.25) is 0 Å². The van der Waals surface area contributed by atoms with Crippen LogP contribution in [0.15, 0.2) is 36.4 Å². The Bertz CT molecular complexity index is 446. The van der Waals surface area contributed by atoms with E-state index in [0.717, 1.165) is 6.21 Å². The third-order valence-corrected chi connectivity index (χ3v) is 1.90. The Kier molecular flexibility index (Phi) is 4.70. The Morgan fingerprint density at radius 3 is 2.94 bits per heavy atom. The standard InChI is InChI=1S/C12H12N2O2/c1-2-3-8-16-12-7-5-4-6-10(12)11(15)9-14-13/h2-7,9H,8H2,1H3/b3-2+. The van der Waals surface area contributed by atoms with E-state index in [2.05, 4.69) is 4.79 Å². The Labute approximate surface area is 93.8 Å². The molecule has 82 valence electrons. The molecule has 0 fully saturated rings. The second-order valence-corrected chi connectivity index (χ2v) is 2.99. The molecule has 0 radical (unpaired) electrons. The van der Waals surface area contributed by atoms with Gasteiger partial charge in [0.15, 0.2) is 0 Å². The molecular weight excluding hydrogens is 204 g/mol. The van der Waals surface area contributed by atoms with Gasteiger partial charge < -0.3 is 10.3 Å². The fraction of sp³-hybridized carbons (Fsp3) is 0.167. The highest BCUT2D eigenvalue weighted by atomic mass is 16.5. The van der Waals surface area contributed by atoms with Crippen molar-refractivity contribution in [1.82, 2.24) is 0 Å². The van der Waals surface area contributed by atoms with E-state index in [-0.39, 0.29) is 0 Å². The predicted molar refractivity (Wildman–Crippen MR) is 60.8 cm³/mol. The molecule has 0 spiro atoms. The lowest BCUT2D eigenvalue weighted by Gasteiger charge is -2.05. The zero-order valence-electron chi connectivity index (χ0n) is 8.96. The molecule has 0 aliphatic carbocycles. The molecule has 4 nitrogen and oxygen atoms in total. The number of hydrogen-bond acceptors (Lipinski definition) is 2. The van der Waals surface area contributed by atoms with Crippen LogP contribution in [0.25, 0.3) is 5.53 Å². The van der Waals surface area contributed by atoms with Crippen LogP contribution in [0.1, 0.15) is 17.3 Å². The minimum atomic E-state index is -0.390. The summed E-state index contributed by atoms with van der Waals surface area (Å²) in [6.45, 7) is 2.29. The van der Waals surface area contributed by atoms with Crippen LogP contribution in [0, 0.1) is 0 Å². The largest absolute Gasteiger partial charge is 0.489 e.